The second-order valence-electron chi connectivity index (χ2n) is 4.90. The summed E-state index contributed by atoms with van der Waals surface area (Å²) in [4.78, 5) is 1.08. The van der Waals surface area contributed by atoms with E-state index in [2.05, 4.69) is 0 Å². The first-order chi connectivity index (χ1) is 10.2. The second-order valence-corrected chi connectivity index (χ2v) is 6.86. The first kappa shape index (κ1) is 12.5. The van der Waals surface area contributed by atoms with E-state index in [4.69, 9.17) is 0 Å². The molecule has 0 aliphatic rings. The Morgan fingerprint density at radius 2 is 1.14 bits per heavy atom. The third-order valence-corrected chi connectivity index (χ3v) is 5.89. The van der Waals surface area contributed by atoms with Crippen LogP contribution in [0.1, 0.15) is 0 Å². The van der Waals surface area contributed by atoms with Gasteiger partial charge >= 0.3 is 0 Å². The van der Waals surface area contributed by atoms with E-state index in [9.17, 15) is 8.78 Å². The third-order valence-electron chi connectivity index (χ3n) is 3.60. The minimum Gasteiger partial charge on any atom is -0.207 e. The third kappa shape index (κ3) is 1.93. The van der Waals surface area contributed by atoms with Gasteiger partial charge in [0.2, 0.25) is 0 Å². The molecule has 0 bridgehead atoms. The Hall–Kier alpha value is -2.26. The molecule has 0 aliphatic heterocycles. The van der Waals surface area contributed by atoms with E-state index >= 15 is 0 Å². The van der Waals surface area contributed by atoms with E-state index < -0.39 is 10.5 Å². The molecule has 102 valence electrons. The number of rotatable bonds is 1. The standard InChI is InChI=1S/C18H11F2S/c19-12-6-8-15-16-9-7-13(20)11-18(16)21(17(15)10-12)14-4-2-1-3-5-14/h1-11H/q+1. The number of fused-ring (bicyclic) bond motifs is 3. The van der Waals surface area contributed by atoms with Gasteiger partial charge in [-0.3, -0.25) is 0 Å². The Bertz CT molecular complexity index is 896. The maximum Gasteiger partial charge on any atom is 0.190 e. The predicted octanol–water partition coefficient (Wildman–Crippen LogP) is 6.01. The van der Waals surface area contributed by atoms with Gasteiger partial charge in [0.25, 0.3) is 0 Å². The SMILES string of the molecule is Fc1ccc2c3ccc(F)cc3[s+](-c3ccccc3)c2c1. The molecule has 3 heteroatoms. The molecule has 0 fully saturated rings. The molecule has 3 aromatic carbocycles. The molecule has 0 aliphatic carbocycles. The second kappa shape index (κ2) is 4.64. The highest BCUT2D eigenvalue weighted by atomic mass is 32.2. The van der Waals surface area contributed by atoms with Crippen molar-refractivity contribution < 1.29 is 8.78 Å². The molecular formula is C18H11F2S+. The molecular weight excluding hydrogens is 286 g/mol. The molecule has 4 rings (SSSR count). The van der Waals surface area contributed by atoms with Crippen molar-refractivity contribution in [1.82, 2.24) is 0 Å². The number of benzene rings is 3. The summed E-state index contributed by atoms with van der Waals surface area (Å²) in [6.07, 6.45) is 0. The fraction of sp³-hybridized carbons (Fsp3) is 0. The highest BCUT2D eigenvalue weighted by Gasteiger charge is 2.24. The Kier molecular flexibility index (Phi) is 2.76. The summed E-state index contributed by atoms with van der Waals surface area (Å²) in [5, 5.41) is 2.00. The van der Waals surface area contributed by atoms with Crippen LogP contribution in [-0.2, 0) is 0 Å². The van der Waals surface area contributed by atoms with E-state index in [1.165, 1.54) is 12.1 Å². The smallest absolute Gasteiger partial charge is 0.190 e. The molecule has 4 aromatic rings. The molecule has 0 nitrogen and oxygen atoms in total. The molecule has 0 unspecified atom stereocenters. The minimum absolute atomic E-state index is 0.254. The fourth-order valence-electron chi connectivity index (χ4n) is 2.70. The number of thiophene rings is 1. The molecule has 0 amide bonds. The molecule has 1 heterocycles. The van der Waals surface area contributed by atoms with Gasteiger partial charge in [-0.05, 0) is 36.4 Å². The van der Waals surface area contributed by atoms with Gasteiger partial charge in [0.05, 0.1) is 0 Å². The monoisotopic (exact) mass is 297 g/mol. The molecule has 1 aromatic heterocycles. The van der Waals surface area contributed by atoms with Gasteiger partial charge < -0.3 is 0 Å². The molecule has 0 saturated heterocycles. The van der Waals surface area contributed by atoms with Crippen molar-refractivity contribution in [2.24, 2.45) is 0 Å². The van der Waals surface area contributed by atoms with Crippen molar-refractivity contribution >= 4 is 30.6 Å². The van der Waals surface area contributed by atoms with Gasteiger partial charge in [0.15, 0.2) is 14.3 Å². The predicted molar refractivity (Wildman–Crippen MR) is 85.2 cm³/mol. The number of hydrogen-bond donors (Lipinski definition) is 0. The first-order valence-corrected chi connectivity index (χ1v) is 7.85. The van der Waals surface area contributed by atoms with Crippen molar-refractivity contribution in [2.75, 3.05) is 0 Å². The van der Waals surface area contributed by atoms with Gasteiger partial charge in [-0.2, -0.15) is 0 Å². The van der Waals surface area contributed by atoms with Crippen LogP contribution in [0.15, 0.2) is 66.7 Å². The summed E-state index contributed by atoms with van der Waals surface area (Å²) in [7, 11) is -0.441. The highest BCUT2D eigenvalue weighted by molar-refractivity contribution is 7.50. The average molecular weight is 297 g/mol. The van der Waals surface area contributed by atoms with E-state index in [0.29, 0.717) is 0 Å². The summed E-state index contributed by atoms with van der Waals surface area (Å²) in [6, 6.07) is 19.5. The lowest BCUT2D eigenvalue weighted by molar-refractivity contribution is 0.629. The quantitative estimate of drug-likeness (QED) is 0.377. The van der Waals surface area contributed by atoms with Gasteiger partial charge in [-0.25, -0.2) is 8.78 Å². The molecule has 0 saturated carbocycles. The molecule has 21 heavy (non-hydrogen) atoms. The summed E-state index contributed by atoms with van der Waals surface area (Å²) < 4.78 is 29.2. The van der Waals surface area contributed by atoms with Crippen LogP contribution in [0.3, 0.4) is 0 Å². The van der Waals surface area contributed by atoms with Crippen LogP contribution in [0.4, 0.5) is 8.78 Å². The summed E-state index contributed by atoms with van der Waals surface area (Å²) in [5.74, 6) is -0.508. The van der Waals surface area contributed by atoms with E-state index in [1.807, 2.05) is 30.3 Å². The summed E-state index contributed by atoms with van der Waals surface area (Å²) in [5.41, 5.74) is 0. The van der Waals surface area contributed by atoms with Gasteiger partial charge in [0, 0.05) is 33.4 Å². The van der Waals surface area contributed by atoms with Gasteiger partial charge in [0.1, 0.15) is 11.6 Å². The van der Waals surface area contributed by atoms with Gasteiger partial charge in [-0.15, -0.1) is 0 Å². The van der Waals surface area contributed by atoms with Crippen LogP contribution in [0.25, 0.3) is 25.1 Å². The Morgan fingerprint density at radius 3 is 1.67 bits per heavy atom. The summed E-state index contributed by atoms with van der Waals surface area (Å²) in [6.45, 7) is 0. The number of halogens is 2. The van der Waals surface area contributed by atoms with Gasteiger partial charge in [-0.1, -0.05) is 18.2 Å². The number of hydrogen-bond acceptors (Lipinski definition) is 0. The highest BCUT2D eigenvalue weighted by Crippen LogP contribution is 2.48. The minimum atomic E-state index is -0.441. The molecule has 0 N–H and O–H groups in total. The van der Waals surface area contributed by atoms with Crippen LogP contribution in [0.2, 0.25) is 0 Å². The zero-order valence-corrected chi connectivity index (χ0v) is 11.8. The van der Waals surface area contributed by atoms with Crippen LogP contribution >= 0.6 is 10.5 Å². The van der Waals surface area contributed by atoms with Crippen molar-refractivity contribution in [3.8, 4) is 4.90 Å². The molecule has 0 atom stereocenters. The lowest BCUT2D eigenvalue weighted by atomic mass is 10.1. The Morgan fingerprint density at radius 1 is 0.619 bits per heavy atom. The molecule has 0 spiro atoms. The van der Waals surface area contributed by atoms with Crippen LogP contribution in [0, 0.1) is 11.6 Å². The Labute approximate surface area is 123 Å². The molecule has 0 radical (unpaired) electrons. The topological polar surface area (TPSA) is 0 Å². The van der Waals surface area contributed by atoms with E-state index in [-0.39, 0.29) is 11.6 Å². The maximum atomic E-state index is 13.7. The zero-order valence-electron chi connectivity index (χ0n) is 11.0. The van der Waals surface area contributed by atoms with E-state index in [0.717, 1.165) is 25.1 Å². The van der Waals surface area contributed by atoms with Crippen molar-refractivity contribution in [2.45, 2.75) is 0 Å². The van der Waals surface area contributed by atoms with Crippen LogP contribution in [0.5, 0.6) is 0 Å². The van der Waals surface area contributed by atoms with E-state index in [1.54, 1.807) is 24.3 Å². The average Bonchev–Trinajstić information content (AvgIpc) is 2.80. The maximum absolute atomic E-state index is 13.7. The van der Waals surface area contributed by atoms with Crippen molar-refractivity contribution in [1.29, 1.82) is 0 Å². The largest absolute Gasteiger partial charge is 0.207 e. The van der Waals surface area contributed by atoms with Crippen molar-refractivity contribution in [3.05, 3.63) is 78.4 Å². The lowest BCUT2D eigenvalue weighted by Gasteiger charge is -1.93. The first-order valence-electron chi connectivity index (χ1n) is 6.63. The lowest BCUT2D eigenvalue weighted by Crippen LogP contribution is -1.72. The fourth-order valence-corrected chi connectivity index (χ4v) is 5.13. The summed E-state index contributed by atoms with van der Waals surface area (Å²) >= 11 is 0. The van der Waals surface area contributed by atoms with Crippen LogP contribution < -0.4 is 0 Å². The zero-order chi connectivity index (χ0) is 14.4. The normalized spacial score (nSPS) is 11.3. The van der Waals surface area contributed by atoms with Crippen molar-refractivity contribution in [3.63, 3.8) is 0 Å². The van der Waals surface area contributed by atoms with Crippen LogP contribution in [-0.4, -0.2) is 0 Å². The Balaban J connectivity index is 2.24.